The van der Waals surface area contributed by atoms with Crippen LogP contribution in [0.5, 0.6) is 0 Å². The number of hydrogen-bond acceptors (Lipinski definition) is 4. The highest BCUT2D eigenvalue weighted by Crippen LogP contribution is 2.37. The summed E-state index contributed by atoms with van der Waals surface area (Å²) in [7, 11) is 0. The second kappa shape index (κ2) is 9.92. The molecule has 1 fully saturated rings. The van der Waals surface area contributed by atoms with Gasteiger partial charge in [-0.25, -0.2) is 9.59 Å². The number of rotatable bonds is 8. The van der Waals surface area contributed by atoms with Gasteiger partial charge in [0.25, 0.3) is 0 Å². The summed E-state index contributed by atoms with van der Waals surface area (Å²) in [5.74, 6) is -0.640. The highest BCUT2D eigenvalue weighted by molar-refractivity contribution is 5.86. The topological polar surface area (TPSA) is 76.1 Å². The van der Waals surface area contributed by atoms with Gasteiger partial charge in [-0.15, -0.1) is 0 Å². The van der Waals surface area contributed by atoms with E-state index in [1.54, 1.807) is 11.0 Å². The van der Waals surface area contributed by atoms with E-state index >= 15 is 0 Å². The van der Waals surface area contributed by atoms with Crippen LogP contribution in [0.4, 0.5) is 4.79 Å². The molecule has 1 N–H and O–H groups in total. The molecule has 1 aliphatic rings. The normalized spacial score (nSPS) is 21.4. The van der Waals surface area contributed by atoms with Crippen LogP contribution in [-0.2, 0) is 20.9 Å². The Morgan fingerprint density at radius 1 is 1.28 bits per heavy atom. The van der Waals surface area contributed by atoms with Gasteiger partial charge >= 0.3 is 12.1 Å². The molecule has 1 saturated heterocycles. The molecular weight excluding hydrogens is 370 g/mol. The van der Waals surface area contributed by atoms with E-state index in [0.29, 0.717) is 24.3 Å². The first-order valence-electron chi connectivity index (χ1n) is 10.3. The van der Waals surface area contributed by atoms with Gasteiger partial charge in [-0.05, 0) is 44.2 Å². The van der Waals surface area contributed by atoms with Crippen molar-refractivity contribution >= 4 is 12.1 Å². The Morgan fingerprint density at radius 3 is 2.48 bits per heavy atom. The van der Waals surface area contributed by atoms with E-state index in [4.69, 9.17) is 9.47 Å². The predicted octanol–water partition coefficient (Wildman–Crippen LogP) is 4.99. The highest BCUT2D eigenvalue weighted by Gasteiger charge is 2.50. The lowest BCUT2D eigenvalue weighted by Gasteiger charge is -2.33. The number of carbonyl (C=O) groups excluding carboxylic acids is 1. The quantitative estimate of drug-likeness (QED) is 0.619. The number of carbonyl (C=O) groups is 2. The lowest BCUT2D eigenvalue weighted by Crippen LogP contribution is -2.48. The summed E-state index contributed by atoms with van der Waals surface area (Å²) in [6.45, 7) is 9.90. The number of benzene rings is 1. The van der Waals surface area contributed by atoms with Gasteiger partial charge in [-0.3, -0.25) is 4.90 Å². The summed E-state index contributed by atoms with van der Waals surface area (Å²) in [4.78, 5) is 26.2. The van der Waals surface area contributed by atoms with Gasteiger partial charge in [0.15, 0.2) is 0 Å². The molecule has 0 aliphatic carbocycles. The summed E-state index contributed by atoms with van der Waals surface area (Å²) in [5, 5.41) is 9.52. The van der Waals surface area contributed by atoms with Crippen molar-refractivity contribution in [3.05, 3.63) is 47.5 Å². The molecule has 0 radical (unpaired) electrons. The zero-order valence-electron chi connectivity index (χ0n) is 18.1. The molecule has 2 atom stereocenters. The second-order valence-electron chi connectivity index (χ2n) is 8.38. The summed E-state index contributed by atoms with van der Waals surface area (Å²) in [5.41, 5.74) is 0.331. The first kappa shape index (κ1) is 22.9. The number of carboxylic acids is 1. The fraction of sp³-hybridized carbons (Fsp3) is 0.565. The number of carboxylic acid groups (broad SMARTS) is 1. The molecule has 2 rings (SSSR count). The van der Waals surface area contributed by atoms with Crippen LogP contribution >= 0.6 is 0 Å². The van der Waals surface area contributed by atoms with Gasteiger partial charge in [-0.2, -0.15) is 0 Å². The van der Waals surface area contributed by atoms with Crippen molar-refractivity contribution in [2.24, 2.45) is 5.92 Å². The molecule has 1 aromatic rings. The number of hydrogen-bond donors (Lipinski definition) is 1. The smallest absolute Gasteiger partial charge is 0.412 e. The standard InChI is InChI=1S/C23H33NO5/c1-6-10-18(21(25)26)14-20-19(13-16(2)3)24(23(4,5)29-20)22(27)28-15-17-11-8-7-9-12-17/h7-9,11-12,14,16,19-20H,6,10,13,15H2,1-5H3,(H,25,26)/t19-,20-/m0/s1. The first-order valence-corrected chi connectivity index (χ1v) is 10.3. The van der Waals surface area contributed by atoms with E-state index in [1.165, 1.54) is 0 Å². The van der Waals surface area contributed by atoms with E-state index in [1.807, 2.05) is 51.1 Å². The van der Waals surface area contributed by atoms with Crippen LogP contribution in [0.2, 0.25) is 0 Å². The molecule has 0 unspecified atom stereocenters. The minimum Gasteiger partial charge on any atom is -0.478 e. The molecule has 1 amide bonds. The maximum atomic E-state index is 13.0. The van der Waals surface area contributed by atoms with Gasteiger partial charge in [0.2, 0.25) is 0 Å². The Morgan fingerprint density at radius 2 is 1.93 bits per heavy atom. The fourth-order valence-electron chi connectivity index (χ4n) is 3.76. The summed E-state index contributed by atoms with van der Waals surface area (Å²) >= 11 is 0. The molecule has 160 valence electrons. The van der Waals surface area contributed by atoms with E-state index in [2.05, 4.69) is 13.8 Å². The third-order valence-corrected chi connectivity index (χ3v) is 4.99. The number of aliphatic carboxylic acids is 1. The molecular formula is C23H33NO5. The summed E-state index contributed by atoms with van der Waals surface area (Å²) in [6.07, 6.45) is 2.60. The van der Waals surface area contributed by atoms with Crippen molar-refractivity contribution in [2.75, 3.05) is 0 Å². The minimum atomic E-state index is -0.943. The molecule has 6 nitrogen and oxygen atoms in total. The van der Waals surface area contributed by atoms with Crippen molar-refractivity contribution in [1.82, 2.24) is 4.90 Å². The Balaban J connectivity index is 2.26. The van der Waals surface area contributed by atoms with Crippen LogP contribution in [0.15, 0.2) is 42.0 Å². The molecule has 0 bridgehead atoms. The SMILES string of the molecule is CCCC(=C[C@@H]1OC(C)(C)N(C(=O)OCc2ccccc2)[C@H]1CC(C)C)C(=O)O. The molecule has 1 heterocycles. The van der Waals surface area contributed by atoms with Crippen LogP contribution < -0.4 is 0 Å². The highest BCUT2D eigenvalue weighted by atomic mass is 16.6. The number of ether oxygens (including phenoxy) is 2. The molecule has 1 aromatic carbocycles. The third kappa shape index (κ3) is 6.07. The van der Waals surface area contributed by atoms with E-state index in [-0.39, 0.29) is 12.6 Å². The van der Waals surface area contributed by atoms with E-state index in [0.717, 1.165) is 12.0 Å². The lowest BCUT2D eigenvalue weighted by molar-refractivity contribution is -0.133. The Kier molecular flexibility index (Phi) is 7.85. The maximum absolute atomic E-state index is 13.0. The van der Waals surface area contributed by atoms with Crippen molar-refractivity contribution in [3.8, 4) is 0 Å². The van der Waals surface area contributed by atoms with Crippen molar-refractivity contribution in [2.45, 2.75) is 78.4 Å². The van der Waals surface area contributed by atoms with Gasteiger partial charge in [0, 0.05) is 5.57 Å². The molecule has 1 aliphatic heterocycles. The lowest BCUT2D eigenvalue weighted by atomic mass is 9.96. The van der Waals surface area contributed by atoms with Gasteiger partial charge in [0.05, 0.1) is 12.1 Å². The van der Waals surface area contributed by atoms with Crippen LogP contribution in [0.25, 0.3) is 0 Å². The average molecular weight is 404 g/mol. The van der Waals surface area contributed by atoms with E-state index < -0.39 is 23.9 Å². The van der Waals surface area contributed by atoms with Crippen LogP contribution in [0.3, 0.4) is 0 Å². The Labute approximate surface area is 173 Å². The molecule has 0 spiro atoms. The third-order valence-electron chi connectivity index (χ3n) is 4.99. The van der Waals surface area contributed by atoms with E-state index in [9.17, 15) is 14.7 Å². The first-order chi connectivity index (χ1) is 13.7. The number of nitrogens with zero attached hydrogens (tertiary/aromatic N) is 1. The monoisotopic (exact) mass is 403 g/mol. The van der Waals surface area contributed by atoms with Gasteiger partial charge < -0.3 is 14.6 Å². The molecule has 0 aromatic heterocycles. The number of amides is 1. The molecule has 29 heavy (non-hydrogen) atoms. The van der Waals surface area contributed by atoms with Crippen molar-refractivity contribution in [3.63, 3.8) is 0 Å². The van der Waals surface area contributed by atoms with Crippen LogP contribution in [0, 0.1) is 5.92 Å². The molecule has 0 saturated carbocycles. The van der Waals surface area contributed by atoms with Crippen molar-refractivity contribution < 1.29 is 24.2 Å². The fourth-order valence-corrected chi connectivity index (χ4v) is 3.76. The Hall–Kier alpha value is -2.34. The zero-order valence-corrected chi connectivity index (χ0v) is 18.1. The Bertz CT molecular complexity index is 726. The predicted molar refractivity (Wildman–Crippen MR) is 111 cm³/mol. The summed E-state index contributed by atoms with van der Waals surface area (Å²) < 4.78 is 11.7. The van der Waals surface area contributed by atoms with Gasteiger partial charge in [-0.1, -0.05) is 57.5 Å². The molecule has 6 heteroatoms. The zero-order chi connectivity index (χ0) is 21.6. The maximum Gasteiger partial charge on any atom is 0.412 e. The average Bonchev–Trinajstić information content (AvgIpc) is 2.89. The van der Waals surface area contributed by atoms with Gasteiger partial charge in [0.1, 0.15) is 12.3 Å². The largest absolute Gasteiger partial charge is 0.478 e. The van der Waals surface area contributed by atoms with Crippen LogP contribution in [-0.4, -0.2) is 39.9 Å². The van der Waals surface area contributed by atoms with Crippen LogP contribution in [0.1, 0.15) is 59.4 Å². The minimum absolute atomic E-state index is 0.178. The van der Waals surface area contributed by atoms with Crippen molar-refractivity contribution in [1.29, 1.82) is 0 Å². The summed E-state index contributed by atoms with van der Waals surface area (Å²) in [6, 6.07) is 9.22. The second-order valence-corrected chi connectivity index (χ2v) is 8.38.